The molecule has 4 amide bonds. The lowest BCUT2D eigenvalue weighted by Crippen LogP contribution is -2.22. The van der Waals surface area contributed by atoms with Crippen LogP contribution in [0.25, 0.3) is 17.3 Å². The van der Waals surface area contributed by atoms with Gasteiger partial charge >= 0.3 is 6.03 Å². The fourth-order valence-electron chi connectivity index (χ4n) is 5.23. The summed E-state index contributed by atoms with van der Waals surface area (Å²) in [5.74, 6) is -0.870. The number of anilines is 2. The molecule has 2 saturated heterocycles. The quantitative estimate of drug-likeness (QED) is 0.148. The van der Waals surface area contributed by atoms with Crippen LogP contribution < -0.4 is 21.3 Å². The number of urea groups is 1. The maximum atomic E-state index is 13.3. The van der Waals surface area contributed by atoms with Gasteiger partial charge in [0, 0.05) is 35.6 Å². The number of nitro groups is 1. The van der Waals surface area contributed by atoms with E-state index < -0.39 is 16.9 Å². The van der Waals surface area contributed by atoms with Gasteiger partial charge in [0.25, 0.3) is 17.5 Å². The molecular weight excluding hydrogens is 524 g/mol. The van der Waals surface area contributed by atoms with E-state index in [9.17, 15) is 24.5 Å². The Morgan fingerprint density at radius 2 is 1.63 bits per heavy atom. The number of rotatable bonds is 7. The van der Waals surface area contributed by atoms with Gasteiger partial charge < -0.3 is 16.0 Å². The number of hydrogen-bond donors (Lipinski definition) is 4. The van der Waals surface area contributed by atoms with Crippen molar-refractivity contribution < 1.29 is 19.3 Å². The number of carbonyl (C=O) groups excluding carboxylic acids is 3. The second kappa shape index (κ2) is 10.7. The van der Waals surface area contributed by atoms with Gasteiger partial charge in [-0.05, 0) is 66.9 Å². The summed E-state index contributed by atoms with van der Waals surface area (Å²) in [5.41, 5.74) is 5.02. The number of nitrogens with one attached hydrogen (secondary N) is 4. The third-order valence-corrected chi connectivity index (χ3v) is 7.27. The van der Waals surface area contributed by atoms with Crippen molar-refractivity contribution in [1.82, 2.24) is 15.5 Å². The highest BCUT2D eigenvalue weighted by Crippen LogP contribution is 2.39. The largest absolute Gasteiger partial charge is 0.354 e. The van der Waals surface area contributed by atoms with E-state index in [1.165, 1.54) is 31.0 Å². The summed E-state index contributed by atoms with van der Waals surface area (Å²) in [5, 5.41) is 22.3. The van der Waals surface area contributed by atoms with Gasteiger partial charge in [-0.1, -0.05) is 36.4 Å². The molecular formula is C30H26N6O5. The van der Waals surface area contributed by atoms with Crippen LogP contribution in [0.15, 0.2) is 72.4 Å². The SMILES string of the molecule is O=C1NC(=O)/C(=C/c2ccc(NC(=C3C(=O)Nc4ccc([N+](=O)[O-])cc43)c3ccc(CN4CCCC4)cc3)cc2)N1. The van der Waals surface area contributed by atoms with Gasteiger partial charge in [0.2, 0.25) is 0 Å². The monoisotopic (exact) mass is 550 g/mol. The number of hydrogen-bond acceptors (Lipinski definition) is 7. The Balaban J connectivity index is 1.37. The van der Waals surface area contributed by atoms with Crippen molar-refractivity contribution in [2.75, 3.05) is 23.7 Å². The molecule has 0 bridgehead atoms. The Morgan fingerprint density at radius 3 is 2.29 bits per heavy atom. The lowest BCUT2D eigenvalue weighted by atomic mass is 9.98. The minimum absolute atomic E-state index is 0.113. The van der Waals surface area contributed by atoms with Crippen LogP contribution >= 0.6 is 0 Å². The second-order valence-corrected chi connectivity index (χ2v) is 10.1. The molecule has 11 heteroatoms. The van der Waals surface area contributed by atoms with Crippen LogP contribution in [0, 0.1) is 10.1 Å². The van der Waals surface area contributed by atoms with E-state index in [1.54, 1.807) is 30.3 Å². The van der Waals surface area contributed by atoms with Crippen LogP contribution in [0.4, 0.5) is 21.9 Å². The molecule has 0 atom stereocenters. The van der Waals surface area contributed by atoms with Crippen LogP contribution in [0.1, 0.15) is 35.1 Å². The van der Waals surface area contributed by atoms with E-state index in [0.717, 1.165) is 30.8 Å². The number of fused-ring (bicyclic) bond motifs is 1. The van der Waals surface area contributed by atoms with Crippen LogP contribution in [-0.4, -0.2) is 40.8 Å². The average molecular weight is 551 g/mol. The van der Waals surface area contributed by atoms with Gasteiger partial charge in [0.15, 0.2) is 0 Å². The number of nitrogens with zero attached hydrogens (tertiary/aromatic N) is 2. The third kappa shape index (κ3) is 5.43. The topological polar surface area (TPSA) is 146 Å². The first-order valence-electron chi connectivity index (χ1n) is 13.2. The summed E-state index contributed by atoms with van der Waals surface area (Å²) < 4.78 is 0. The molecule has 11 nitrogen and oxygen atoms in total. The molecule has 206 valence electrons. The fraction of sp³-hybridized carbons (Fsp3) is 0.167. The molecule has 3 aromatic rings. The van der Waals surface area contributed by atoms with Crippen molar-refractivity contribution in [1.29, 1.82) is 0 Å². The summed E-state index contributed by atoms with van der Waals surface area (Å²) in [7, 11) is 0. The average Bonchev–Trinajstić information content (AvgIpc) is 3.67. The Hall–Kier alpha value is -5.29. The van der Waals surface area contributed by atoms with Crippen LogP contribution in [0.3, 0.4) is 0 Å². The molecule has 3 heterocycles. The molecule has 2 fully saturated rings. The Kier molecular flexibility index (Phi) is 6.78. The minimum Gasteiger partial charge on any atom is -0.354 e. The van der Waals surface area contributed by atoms with E-state index in [-0.39, 0.29) is 17.3 Å². The van der Waals surface area contributed by atoms with Crippen molar-refractivity contribution in [2.24, 2.45) is 0 Å². The molecule has 0 spiro atoms. The zero-order valence-corrected chi connectivity index (χ0v) is 21.9. The standard InChI is InChI=1S/C30H26N6O5/c37-28-25(33-30(39)34-28)15-18-5-9-21(10-6-18)31-27(20-7-3-19(4-8-20)17-35-13-1-2-14-35)26-23-16-22(36(40)41)11-12-24(23)32-29(26)38/h3-12,15-16,31H,1-2,13-14,17H2,(H,32,38)(H2,33,34,37,39)/b25-15-,27-26?. The molecule has 0 radical (unpaired) electrons. The van der Waals surface area contributed by atoms with Crippen LogP contribution in [0.2, 0.25) is 0 Å². The highest BCUT2D eigenvalue weighted by Gasteiger charge is 2.30. The number of amides is 4. The first-order chi connectivity index (χ1) is 19.8. The Morgan fingerprint density at radius 1 is 0.902 bits per heavy atom. The van der Waals surface area contributed by atoms with E-state index in [0.29, 0.717) is 33.8 Å². The van der Waals surface area contributed by atoms with Crippen molar-refractivity contribution in [3.05, 3.63) is 105 Å². The highest BCUT2D eigenvalue weighted by molar-refractivity contribution is 6.37. The molecule has 3 aromatic carbocycles. The Bertz CT molecular complexity index is 1640. The van der Waals surface area contributed by atoms with Crippen LogP contribution in [0.5, 0.6) is 0 Å². The summed E-state index contributed by atoms with van der Waals surface area (Å²) in [6.07, 6.45) is 3.97. The van der Waals surface area contributed by atoms with E-state index >= 15 is 0 Å². The molecule has 3 aliphatic heterocycles. The molecule has 4 N–H and O–H groups in total. The van der Waals surface area contributed by atoms with Crippen molar-refractivity contribution in [3.63, 3.8) is 0 Å². The molecule has 6 rings (SSSR count). The minimum atomic E-state index is -0.572. The number of likely N-dealkylation sites (tertiary alicyclic amines) is 1. The van der Waals surface area contributed by atoms with E-state index in [2.05, 4.69) is 26.2 Å². The predicted octanol–water partition coefficient (Wildman–Crippen LogP) is 4.30. The van der Waals surface area contributed by atoms with Gasteiger partial charge in [0.1, 0.15) is 5.70 Å². The second-order valence-electron chi connectivity index (χ2n) is 10.1. The summed E-state index contributed by atoms with van der Waals surface area (Å²) >= 11 is 0. The lowest BCUT2D eigenvalue weighted by molar-refractivity contribution is -0.384. The fourth-order valence-corrected chi connectivity index (χ4v) is 5.23. The molecule has 0 saturated carbocycles. The van der Waals surface area contributed by atoms with Crippen molar-refractivity contribution in [2.45, 2.75) is 19.4 Å². The van der Waals surface area contributed by atoms with E-state index in [1.807, 2.05) is 24.3 Å². The smallest absolute Gasteiger partial charge is 0.326 e. The van der Waals surface area contributed by atoms with Gasteiger partial charge in [-0.25, -0.2) is 4.79 Å². The van der Waals surface area contributed by atoms with Crippen LogP contribution in [-0.2, 0) is 16.1 Å². The summed E-state index contributed by atoms with van der Waals surface area (Å²) in [4.78, 5) is 49.9. The highest BCUT2D eigenvalue weighted by atomic mass is 16.6. The first-order valence-corrected chi connectivity index (χ1v) is 13.2. The number of carbonyl (C=O) groups is 3. The predicted molar refractivity (Wildman–Crippen MR) is 154 cm³/mol. The number of imide groups is 1. The molecule has 0 aliphatic carbocycles. The number of benzene rings is 3. The number of non-ortho nitro benzene ring substituents is 1. The van der Waals surface area contributed by atoms with Gasteiger partial charge in [-0.2, -0.15) is 0 Å². The third-order valence-electron chi connectivity index (χ3n) is 7.27. The maximum Gasteiger partial charge on any atom is 0.326 e. The van der Waals surface area contributed by atoms with Gasteiger partial charge in [-0.3, -0.25) is 29.9 Å². The normalized spacial score (nSPS) is 18.6. The van der Waals surface area contributed by atoms with Gasteiger partial charge in [-0.15, -0.1) is 0 Å². The molecule has 0 aromatic heterocycles. The summed E-state index contributed by atoms with van der Waals surface area (Å²) in [6, 6.07) is 18.8. The zero-order valence-electron chi connectivity index (χ0n) is 21.9. The first kappa shape index (κ1) is 26.0. The molecule has 41 heavy (non-hydrogen) atoms. The summed E-state index contributed by atoms with van der Waals surface area (Å²) in [6.45, 7) is 3.01. The maximum absolute atomic E-state index is 13.3. The van der Waals surface area contributed by atoms with Crippen molar-refractivity contribution >= 4 is 52.3 Å². The lowest BCUT2D eigenvalue weighted by Gasteiger charge is -2.17. The Labute approximate surface area is 235 Å². The number of nitro benzene ring substituents is 1. The molecule has 3 aliphatic rings. The van der Waals surface area contributed by atoms with Crippen molar-refractivity contribution in [3.8, 4) is 0 Å². The zero-order chi connectivity index (χ0) is 28.5. The molecule has 0 unspecified atom stereocenters. The van der Waals surface area contributed by atoms with E-state index in [4.69, 9.17) is 0 Å². The van der Waals surface area contributed by atoms with Gasteiger partial charge in [0.05, 0.1) is 16.2 Å².